The van der Waals surface area contributed by atoms with Crippen molar-refractivity contribution in [2.45, 2.75) is 19.6 Å². The van der Waals surface area contributed by atoms with Gasteiger partial charge in [-0.05, 0) is 36.2 Å². The van der Waals surface area contributed by atoms with Crippen LogP contribution in [0.15, 0.2) is 54.6 Å². The van der Waals surface area contributed by atoms with Crippen LogP contribution in [0, 0.1) is 5.92 Å². The highest BCUT2D eigenvalue weighted by atomic mass is 35.5. The van der Waals surface area contributed by atoms with Crippen molar-refractivity contribution in [3.05, 3.63) is 65.7 Å². The molecule has 1 unspecified atom stereocenters. The van der Waals surface area contributed by atoms with E-state index >= 15 is 0 Å². The lowest BCUT2D eigenvalue weighted by Gasteiger charge is -2.16. The molecular weight excluding hydrogens is 380 g/mol. The molecule has 1 aliphatic heterocycles. The summed E-state index contributed by atoms with van der Waals surface area (Å²) >= 11 is 0. The highest BCUT2D eigenvalue weighted by molar-refractivity contribution is 5.85. The lowest BCUT2D eigenvalue weighted by molar-refractivity contribution is -0.141. The third-order valence-electron chi connectivity index (χ3n) is 4.72. The van der Waals surface area contributed by atoms with Crippen molar-refractivity contribution in [3.8, 4) is 5.75 Å². The maximum Gasteiger partial charge on any atom is 0.307 e. The molecule has 1 fully saturated rings. The van der Waals surface area contributed by atoms with E-state index in [1.54, 1.807) is 0 Å². The molecule has 1 atom stereocenters. The zero-order valence-corrected chi connectivity index (χ0v) is 16.4. The number of carboxylic acids is 1. The number of nitrogens with zero attached hydrogens (tertiary/aromatic N) is 1. The number of carboxylic acid groups (broad SMARTS) is 1. The molecule has 1 saturated heterocycles. The van der Waals surface area contributed by atoms with E-state index in [1.807, 2.05) is 59.5 Å². The zero-order chi connectivity index (χ0) is 19.1. The molecule has 2 aromatic carbocycles. The van der Waals surface area contributed by atoms with Gasteiger partial charge in [0.25, 0.3) is 0 Å². The lowest BCUT2D eigenvalue weighted by Crippen LogP contribution is -2.36. The molecule has 150 valence electrons. The summed E-state index contributed by atoms with van der Waals surface area (Å²) in [6, 6.07) is 17.5. The predicted molar refractivity (Wildman–Crippen MR) is 108 cm³/mol. The summed E-state index contributed by atoms with van der Waals surface area (Å²) in [4.78, 5) is 25.1. The molecule has 0 spiro atoms. The second kappa shape index (κ2) is 10.7. The first kappa shape index (κ1) is 21.7. The standard InChI is InChI=1S/C21H24N2O4.ClH/c24-20(14-23-11-10-17(13-23)21(25)26)22-12-16-6-4-5-7-18(16)15-27-19-8-2-1-3-9-19;/h1-9,17H,10-15H2,(H,22,24)(H,25,26);1H. The van der Waals surface area contributed by atoms with Crippen molar-refractivity contribution in [1.29, 1.82) is 0 Å². The van der Waals surface area contributed by atoms with Gasteiger partial charge in [0.05, 0.1) is 12.5 Å². The van der Waals surface area contributed by atoms with Crippen LogP contribution in [0.5, 0.6) is 5.75 Å². The van der Waals surface area contributed by atoms with Crippen molar-refractivity contribution < 1.29 is 19.4 Å². The quantitative estimate of drug-likeness (QED) is 0.707. The van der Waals surface area contributed by atoms with Crippen molar-refractivity contribution in [2.24, 2.45) is 5.92 Å². The lowest BCUT2D eigenvalue weighted by atomic mass is 10.1. The van der Waals surface area contributed by atoms with Gasteiger partial charge in [-0.2, -0.15) is 0 Å². The average Bonchev–Trinajstić information content (AvgIpc) is 3.15. The van der Waals surface area contributed by atoms with Gasteiger partial charge in [0.2, 0.25) is 5.91 Å². The molecule has 3 rings (SSSR count). The maximum atomic E-state index is 12.2. The summed E-state index contributed by atoms with van der Waals surface area (Å²) < 4.78 is 5.80. The number of para-hydroxylation sites is 1. The van der Waals surface area contributed by atoms with Crippen LogP contribution in [0.25, 0.3) is 0 Å². The molecule has 0 aliphatic carbocycles. The number of ether oxygens (including phenoxy) is 1. The Balaban J connectivity index is 0.00000280. The fourth-order valence-electron chi connectivity index (χ4n) is 3.18. The molecule has 0 bridgehead atoms. The van der Waals surface area contributed by atoms with Crippen molar-refractivity contribution in [3.63, 3.8) is 0 Å². The third kappa shape index (κ3) is 6.25. The molecule has 1 heterocycles. The van der Waals surface area contributed by atoms with E-state index in [9.17, 15) is 9.59 Å². The summed E-state index contributed by atoms with van der Waals surface area (Å²) in [7, 11) is 0. The summed E-state index contributed by atoms with van der Waals surface area (Å²) in [6.45, 7) is 2.16. The number of amides is 1. The molecule has 2 N–H and O–H groups in total. The van der Waals surface area contributed by atoms with Crippen LogP contribution in [-0.2, 0) is 22.7 Å². The molecular formula is C21H25ClN2O4. The first-order chi connectivity index (χ1) is 13.1. The number of benzene rings is 2. The first-order valence-electron chi connectivity index (χ1n) is 9.08. The van der Waals surface area contributed by atoms with E-state index in [4.69, 9.17) is 9.84 Å². The van der Waals surface area contributed by atoms with Gasteiger partial charge in [0.15, 0.2) is 0 Å². The van der Waals surface area contributed by atoms with Gasteiger partial charge in [-0.25, -0.2) is 0 Å². The Labute approximate surface area is 170 Å². The Morgan fingerprint density at radius 2 is 1.75 bits per heavy atom. The van der Waals surface area contributed by atoms with Crippen LogP contribution in [-0.4, -0.2) is 41.5 Å². The number of carbonyl (C=O) groups excluding carboxylic acids is 1. The number of nitrogens with one attached hydrogen (secondary N) is 1. The Hall–Kier alpha value is -2.57. The summed E-state index contributed by atoms with van der Waals surface area (Å²) in [5.74, 6) is -0.447. The fourth-order valence-corrected chi connectivity index (χ4v) is 3.18. The van der Waals surface area contributed by atoms with Crippen LogP contribution < -0.4 is 10.1 Å². The normalized spacial score (nSPS) is 16.2. The van der Waals surface area contributed by atoms with E-state index in [0.29, 0.717) is 32.7 Å². The second-order valence-electron chi connectivity index (χ2n) is 6.71. The van der Waals surface area contributed by atoms with Gasteiger partial charge >= 0.3 is 5.97 Å². The molecule has 1 aliphatic rings. The van der Waals surface area contributed by atoms with Crippen molar-refractivity contribution in [1.82, 2.24) is 10.2 Å². The predicted octanol–water partition coefficient (Wildman–Crippen LogP) is 2.71. The zero-order valence-electron chi connectivity index (χ0n) is 15.5. The number of aliphatic carboxylic acids is 1. The molecule has 1 amide bonds. The SMILES string of the molecule is Cl.O=C(CN1CCC(C(=O)O)C1)NCc1ccccc1COc1ccccc1. The minimum absolute atomic E-state index is 0. The molecule has 2 aromatic rings. The van der Waals surface area contributed by atoms with E-state index in [0.717, 1.165) is 16.9 Å². The minimum Gasteiger partial charge on any atom is -0.489 e. The van der Waals surface area contributed by atoms with E-state index in [2.05, 4.69) is 5.32 Å². The molecule has 0 saturated carbocycles. The van der Waals surface area contributed by atoms with E-state index in [-0.39, 0.29) is 30.8 Å². The first-order valence-corrected chi connectivity index (χ1v) is 9.08. The van der Waals surface area contributed by atoms with E-state index < -0.39 is 5.97 Å². The highest BCUT2D eigenvalue weighted by Crippen LogP contribution is 2.16. The number of carbonyl (C=O) groups is 2. The van der Waals surface area contributed by atoms with Gasteiger partial charge in [0, 0.05) is 13.1 Å². The fraction of sp³-hybridized carbons (Fsp3) is 0.333. The second-order valence-corrected chi connectivity index (χ2v) is 6.71. The number of hydrogen-bond acceptors (Lipinski definition) is 4. The van der Waals surface area contributed by atoms with Gasteiger partial charge < -0.3 is 15.2 Å². The summed E-state index contributed by atoms with van der Waals surface area (Å²) in [5, 5.41) is 12.0. The van der Waals surface area contributed by atoms with Gasteiger partial charge in [0.1, 0.15) is 12.4 Å². The average molecular weight is 405 g/mol. The van der Waals surface area contributed by atoms with Gasteiger partial charge in [-0.1, -0.05) is 42.5 Å². The molecule has 28 heavy (non-hydrogen) atoms. The van der Waals surface area contributed by atoms with Crippen molar-refractivity contribution >= 4 is 24.3 Å². The largest absolute Gasteiger partial charge is 0.489 e. The number of rotatable bonds is 8. The minimum atomic E-state index is -0.787. The summed E-state index contributed by atoms with van der Waals surface area (Å²) in [5.41, 5.74) is 2.03. The van der Waals surface area contributed by atoms with Crippen LogP contribution in [0.4, 0.5) is 0 Å². The van der Waals surface area contributed by atoms with Gasteiger partial charge in [-0.3, -0.25) is 14.5 Å². The summed E-state index contributed by atoms with van der Waals surface area (Å²) in [6.07, 6.45) is 0.599. The Morgan fingerprint density at radius 1 is 1.07 bits per heavy atom. The molecule has 7 heteroatoms. The monoisotopic (exact) mass is 404 g/mol. The molecule has 0 radical (unpaired) electrons. The number of hydrogen-bond donors (Lipinski definition) is 2. The number of likely N-dealkylation sites (tertiary alicyclic amines) is 1. The topological polar surface area (TPSA) is 78.9 Å². The smallest absolute Gasteiger partial charge is 0.307 e. The van der Waals surface area contributed by atoms with Crippen molar-refractivity contribution in [2.75, 3.05) is 19.6 Å². The maximum absolute atomic E-state index is 12.2. The van der Waals surface area contributed by atoms with Crippen LogP contribution in [0.2, 0.25) is 0 Å². The number of halogens is 1. The van der Waals surface area contributed by atoms with E-state index in [1.165, 1.54) is 0 Å². The highest BCUT2D eigenvalue weighted by Gasteiger charge is 2.28. The Bertz CT molecular complexity index is 785. The third-order valence-corrected chi connectivity index (χ3v) is 4.72. The van der Waals surface area contributed by atoms with Crippen LogP contribution in [0.1, 0.15) is 17.5 Å². The molecule has 0 aromatic heterocycles. The van der Waals surface area contributed by atoms with Crippen LogP contribution in [0.3, 0.4) is 0 Å². The van der Waals surface area contributed by atoms with Gasteiger partial charge in [-0.15, -0.1) is 12.4 Å². The van der Waals surface area contributed by atoms with Crippen LogP contribution >= 0.6 is 12.4 Å². The Kier molecular flexibility index (Phi) is 8.29. The Morgan fingerprint density at radius 3 is 2.43 bits per heavy atom. The molecule has 6 nitrogen and oxygen atoms in total.